The molecule has 0 radical (unpaired) electrons. The molecule has 2 aromatic rings. The van der Waals surface area contributed by atoms with Crippen LogP contribution in [0, 0.1) is 5.82 Å². The molecule has 3 nitrogen and oxygen atoms in total. The third kappa shape index (κ3) is 2.68. The molecule has 0 saturated heterocycles. The minimum absolute atomic E-state index is 0.242. The van der Waals surface area contributed by atoms with Crippen molar-refractivity contribution in [2.24, 2.45) is 0 Å². The number of halogens is 1. The molecule has 5 heteroatoms. The maximum atomic E-state index is 13.5. The molecule has 0 fully saturated rings. The first-order valence-electron chi connectivity index (χ1n) is 5.31. The molecule has 0 aliphatic heterocycles. The quantitative estimate of drug-likeness (QED) is 0.867. The van der Waals surface area contributed by atoms with E-state index in [9.17, 15) is 12.8 Å². The number of hydrogen-bond acceptors (Lipinski definition) is 3. The molecule has 0 atom stereocenters. The predicted molar refractivity (Wildman–Crippen MR) is 68.1 cm³/mol. The largest absolute Gasteiger partial charge is 0.399 e. The Morgan fingerprint density at radius 2 is 1.61 bits per heavy atom. The summed E-state index contributed by atoms with van der Waals surface area (Å²) in [6.07, 6.45) is 0. The first-order chi connectivity index (χ1) is 8.49. The molecular weight excluding hydrogens is 253 g/mol. The Kier molecular flexibility index (Phi) is 3.34. The minimum atomic E-state index is -3.67. The van der Waals surface area contributed by atoms with Gasteiger partial charge >= 0.3 is 0 Å². The first kappa shape index (κ1) is 12.6. The summed E-state index contributed by atoms with van der Waals surface area (Å²) in [6.45, 7) is 0. The van der Waals surface area contributed by atoms with Gasteiger partial charge in [-0.25, -0.2) is 12.8 Å². The number of nitrogen functional groups attached to an aromatic ring is 1. The molecule has 2 rings (SSSR count). The van der Waals surface area contributed by atoms with Crippen LogP contribution in [0.15, 0.2) is 53.4 Å². The zero-order chi connectivity index (χ0) is 13.2. The van der Waals surface area contributed by atoms with Gasteiger partial charge in [0, 0.05) is 5.69 Å². The van der Waals surface area contributed by atoms with E-state index in [1.807, 2.05) is 0 Å². The molecule has 2 aromatic carbocycles. The Balaban J connectivity index is 2.33. The summed E-state index contributed by atoms with van der Waals surface area (Å²) in [4.78, 5) is -0.276. The summed E-state index contributed by atoms with van der Waals surface area (Å²) in [5.41, 5.74) is 6.65. The van der Waals surface area contributed by atoms with Crippen LogP contribution in [0.25, 0.3) is 0 Å². The molecule has 0 saturated carbocycles. The summed E-state index contributed by atoms with van der Waals surface area (Å²) in [5.74, 6) is -0.971. The van der Waals surface area contributed by atoms with E-state index < -0.39 is 15.7 Å². The Bertz CT molecular complexity index is 651. The van der Waals surface area contributed by atoms with Crippen LogP contribution >= 0.6 is 0 Å². The number of rotatable bonds is 3. The molecule has 0 unspecified atom stereocenters. The second-order valence-electron chi connectivity index (χ2n) is 3.93. The third-order valence-corrected chi connectivity index (χ3v) is 4.22. The van der Waals surface area contributed by atoms with Crippen LogP contribution in [0.1, 0.15) is 5.56 Å². The van der Waals surface area contributed by atoms with Gasteiger partial charge in [0.2, 0.25) is 0 Å². The van der Waals surface area contributed by atoms with Crippen molar-refractivity contribution >= 4 is 15.5 Å². The molecule has 0 amide bonds. The van der Waals surface area contributed by atoms with Crippen LogP contribution in [0.4, 0.5) is 10.1 Å². The fourth-order valence-electron chi connectivity index (χ4n) is 1.61. The van der Waals surface area contributed by atoms with E-state index in [0.29, 0.717) is 11.3 Å². The smallest absolute Gasteiger partial charge is 0.185 e. The van der Waals surface area contributed by atoms with Gasteiger partial charge in [-0.3, -0.25) is 0 Å². The Hall–Kier alpha value is -1.88. The molecule has 0 aliphatic carbocycles. The van der Waals surface area contributed by atoms with Gasteiger partial charge in [0.1, 0.15) is 10.7 Å². The molecule has 0 bridgehead atoms. The third-order valence-electron chi connectivity index (χ3n) is 2.51. The first-order valence-corrected chi connectivity index (χ1v) is 6.96. The van der Waals surface area contributed by atoms with Crippen molar-refractivity contribution < 1.29 is 12.8 Å². The zero-order valence-electron chi connectivity index (χ0n) is 9.51. The van der Waals surface area contributed by atoms with Crippen molar-refractivity contribution in [3.8, 4) is 0 Å². The van der Waals surface area contributed by atoms with Gasteiger partial charge in [0.15, 0.2) is 9.84 Å². The van der Waals surface area contributed by atoms with Crippen molar-refractivity contribution in [2.45, 2.75) is 10.6 Å². The molecule has 0 heterocycles. The molecule has 18 heavy (non-hydrogen) atoms. The van der Waals surface area contributed by atoms with Crippen LogP contribution in [-0.2, 0) is 15.6 Å². The van der Waals surface area contributed by atoms with Gasteiger partial charge in [-0.1, -0.05) is 24.3 Å². The summed E-state index contributed by atoms with van der Waals surface area (Å²) >= 11 is 0. The highest BCUT2D eigenvalue weighted by Crippen LogP contribution is 2.19. The molecule has 0 spiro atoms. The predicted octanol–water partition coefficient (Wildman–Crippen LogP) is 2.38. The number of nitrogens with two attached hydrogens (primary N) is 1. The van der Waals surface area contributed by atoms with E-state index in [0.717, 1.165) is 6.07 Å². The van der Waals surface area contributed by atoms with Crippen LogP contribution in [0.3, 0.4) is 0 Å². The van der Waals surface area contributed by atoms with E-state index in [-0.39, 0.29) is 10.6 Å². The Labute approximate surface area is 105 Å². The number of hydrogen-bond donors (Lipinski definition) is 1. The number of anilines is 1. The molecule has 0 aliphatic rings. The van der Waals surface area contributed by atoms with E-state index in [1.54, 1.807) is 24.3 Å². The zero-order valence-corrected chi connectivity index (χ0v) is 10.3. The second-order valence-corrected chi connectivity index (χ2v) is 5.89. The van der Waals surface area contributed by atoms with Crippen LogP contribution in [0.2, 0.25) is 0 Å². The van der Waals surface area contributed by atoms with Crippen molar-refractivity contribution in [3.05, 3.63) is 59.9 Å². The monoisotopic (exact) mass is 265 g/mol. The molecule has 94 valence electrons. The second kappa shape index (κ2) is 4.78. The standard InChI is InChI=1S/C13H12FNO2S/c14-12-3-1-2-4-13(12)18(16,17)9-10-5-7-11(15)8-6-10/h1-8H,9,15H2. The van der Waals surface area contributed by atoms with Gasteiger partial charge < -0.3 is 5.73 Å². The Morgan fingerprint density at radius 3 is 2.22 bits per heavy atom. The summed E-state index contributed by atoms with van der Waals surface area (Å²) in [7, 11) is -3.67. The molecule has 0 aromatic heterocycles. The normalized spacial score (nSPS) is 11.4. The SMILES string of the molecule is Nc1ccc(CS(=O)(=O)c2ccccc2F)cc1. The van der Waals surface area contributed by atoms with Gasteiger partial charge in [-0.15, -0.1) is 0 Å². The maximum Gasteiger partial charge on any atom is 0.185 e. The summed E-state index contributed by atoms with van der Waals surface area (Å²) in [6, 6.07) is 11.8. The van der Waals surface area contributed by atoms with Crippen LogP contribution in [-0.4, -0.2) is 8.42 Å². The van der Waals surface area contributed by atoms with Gasteiger partial charge in [0.05, 0.1) is 5.75 Å². The Morgan fingerprint density at radius 1 is 1.00 bits per heavy atom. The van der Waals surface area contributed by atoms with Crippen molar-refractivity contribution in [3.63, 3.8) is 0 Å². The van der Waals surface area contributed by atoms with E-state index in [1.165, 1.54) is 18.2 Å². The fourth-order valence-corrected chi connectivity index (χ4v) is 3.05. The maximum absolute atomic E-state index is 13.5. The highest BCUT2D eigenvalue weighted by molar-refractivity contribution is 7.90. The average Bonchev–Trinajstić information content (AvgIpc) is 2.32. The van der Waals surface area contributed by atoms with Crippen molar-refractivity contribution in [1.82, 2.24) is 0 Å². The number of sulfone groups is 1. The van der Waals surface area contributed by atoms with Crippen molar-refractivity contribution in [2.75, 3.05) is 5.73 Å². The fraction of sp³-hybridized carbons (Fsp3) is 0.0769. The lowest BCUT2D eigenvalue weighted by molar-refractivity contribution is 0.566. The van der Waals surface area contributed by atoms with Crippen LogP contribution < -0.4 is 5.73 Å². The molecular formula is C13H12FNO2S. The van der Waals surface area contributed by atoms with Gasteiger partial charge in [-0.05, 0) is 29.8 Å². The highest BCUT2D eigenvalue weighted by atomic mass is 32.2. The van der Waals surface area contributed by atoms with E-state index in [2.05, 4.69) is 0 Å². The lowest BCUT2D eigenvalue weighted by atomic mass is 10.2. The molecule has 2 N–H and O–H groups in total. The highest BCUT2D eigenvalue weighted by Gasteiger charge is 2.19. The summed E-state index contributed by atoms with van der Waals surface area (Å²) < 4.78 is 37.5. The van der Waals surface area contributed by atoms with Crippen molar-refractivity contribution in [1.29, 1.82) is 0 Å². The number of benzene rings is 2. The van der Waals surface area contributed by atoms with Gasteiger partial charge in [0.25, 0.3) is 0 Å². The minimum Gasteiger partial charge on any atom is -0.399 e. The summed E-state index contributed by atoms with van der Waals surface area (Å²) in [5, 5.41) is 0. The van der Waals surface area contributed by atoms with Gasteiger partial charge in [-0.2, -0.15) is 0 Å². The average molecular weight is 265 g/mol. The van der Waals surface area contributed by atoms with E-state index >= 15 is 0 Å². The lowest BCUT2D eigenvalue weighted by Gasteiger charge is -2.06. The topological polar surface area (TPSA) is 60.2 Å². The van der Waals surface area contributed by atoms with E-state index in [4.69, 9.17) is 5.73 Å². The van der Waals surface area contributed by atoms with Crippen LogP contribution in [0.5, 0.6) is 0 Å². The lowest BCUT2D eigenvalue weighted by Crippen LogP contribution is -2.07.